The summed E-state index contributed by atoms with van der Waals surface area (Å²) in [5.41, 5.74) is -0.690. The molecule has 0 radical (unpaired) electrons. The van der Waals surface area contributed by atoms with Gasteiger partial charge in [-0.1, -0.05) is 23.7 Å². The Balaban J connectivity index is 1.89. The van der Waals surface area contributed by atoms with E-state index in [-0.39, 0.29) is 49.0 Å². The van der Waals surface area contributed by atoms with Gasteiger partial charge in [-0.3, -0.25) is 18.5 Å². The number of hydrogen-bond donors (Lipinski definition) is 1. The zero-order chi connectivity index (χ0) is 27.6. The number of imidazole rings is 1. The summed E-state index contributed by atoms with van der Waals surface area (Å²) in [7, 11) is 2.86. The first kappa shape index (κ1) is 27.1. The van der Waals surface area contributed by atoms with Crippen LogP contribution in [0.1, 0.15) is 12.0 Å². The second kappa shape index (κ2) is 10.8. The minimum absolute atomic E-state index is 0.00104. The molecule has 1 N–H and O–H groups in total. The molecule has 0 fully saturated rings. The van der Waals surface area contributed by atoms with E-state index in [2.05, 4.69) is 9.72 Å². The Morgan fingerprint density at radius 3 is 2.50 bits per heavy atom. The zero-order valence-electron chi connectivity index (χ0n) is 20.2. The molecule has 0 aliphatic rings. The van der Waals surface area contributed by atoms with Gasteiger partial charge in [-0.2, -0.15) is 4.98 Å². The molecule has 2 aromatic carbocycles. The van der Waals surface area contributed by atoms with Crippen LogP contribution in [0.5, 0.6) is 23.3 Å². The first-order valence-corrected chi connectivity index (χ1v) is 11.6. The highest BCUT2D eigenvalue weighted by molar-refractivity contribution is 6.32. The van der Waals surface area contributed by atoms with Crippen molar-refractivity contribution in [3.63, 3.8) is 0 Å². The molecule has 4 rings (SSSR count). The number of aliphatic hydroxyl groups excluding tert-OH is 1. The van der Waals surface area contributed by atoms with Gasteiger partial charge in [-0.05, 0) is 36.2 Å². The van der Waals surface area contributed by atoms with Gasteiger partial charge in [0.2, 0.25) is 0 Å². The third-order valence-corrected chi connectivity index (χ3v) is 5.85. The molecule has 10 nitrogen and oxygen atoms in total. The van der Waals surface area contributed by atoms with E-state index in [1.165, 1.54) is 30.9 Å². The first-order valence-electron chi connectivity index (χ1n) is 11.2. The van der Waals surface area contributed by atoms with E-state index in [0.29, 0.717) is 16.3 Å². The maximum Gasteiger partial charge on any atom is 0.573 e. The van der Waals surface area contributed by atoms with Gasteiger partial charge >= 0.3 is 18.1 Å². The van der Waals surface area contributed by atoms with Crippen molar-refractivity contribution in [2.24, 2.45) is 7.05 Å². The van der Waals surface area contributed by atoms with Crippen molar-refractivity contribution in [3.8, 4) is 23.3 Å². The van der Waals surface area contributed by atoms with E-state index in [1.54, 1.807) is 18.2 Å². The van der Waals surface area contributed by atoms with E-state index in [0.717, 1.165) is 21.3 Å². The van der Waals surface area contributed by atoms with Crippen LogP contribution in [0.2, 0.25) is 5.02 Å². The molecule has 0 unspecified atom stereocenters. The molecule has 0 spiro atoms. The zero-order valence-corrected chi connectivity index (χ0v) is 20.9. The number of methoxy groups -OCH3 is 1. The molecule has 0 amide bonds. The summed E-state index contributed by atoms with van der Waals surface area (Å²) in [6.45, 7) is -0.265. The van der Waals surface area contributed by atoms with Gasteiger partial charge < -0.3 is 19.3 Å². The third-order valence-electron chi connectivity index (χ3n) is 5.54. The van der Waals surface area contributed by atoms with Crippen molar-refractivity contribution in [2.75, 3.05) is 13.7 Å². The summed E-state index contributed by atoms with van der Waals surface area (Å²) in [5.74, 6) is -0.192. The highest BCUT2D eigenvalue weighted by Gasteiger charge is 2.31. The Morgan fingerprint density at radius 2 is 1.82 bits per heavy atom. The van der Waals surface area contributed by atoms with Gasteiger partial charge in [-0.15, -0.1) is 13.2 Å². The number of aromatic nitrogens is 4. The van der Waals surface area contributed by atoms with Crippen LogP contribution in [0.15, 0.2) is 52.1 Å². The van der Waals surface area contributed by atoms with E-state index < -0.39 is 23.4 Å². The maximum absolute atomic E-state index is 13.4. The van der Waals surface area contributed by atoms with Crippen LogP contribution in [-0.2, 0) is 20.1 Å². The number of rotatable bonds is 9. The normalized spacial score (nSPS) is 11.7. The van der Waals surface area contributed by atoms with Crippen LogP contribution >= 0.6 is 11.6 Å². The van der Waals surface area contributed by atoms with Crippen LogP contribution in [-0.4, -0.2) is 43.9 Å². The molecule has 2 heterocycles. The van der Waals surface area contributed by atoms with Gasteiger partial charge in [0.1, 0.15) is 17.2 Å². The van der Waals surface area contributed by atoms with Gasteiger partial charge in [-0.25, -0.2) is 4.79 Å². The van der Waals surface area contributed by atoms with Crippen LogP contribution in [0.3, 0.4) is 0 Å². The van der Waals surface area contributed by atoms with Crippen molar-refractivity contribution in [2.45, 2.75) is 25.9 Å². The number of benzene rings is 2. The Morgan fingerprint density at radius 1 is 1.08 bits per heavy atom. The number of nitrogens with zero attached hydrogens (tertiary/aromatic N) is 4. The number of hydrogen-bond acceptors (Lipinski definition) is 7. The molecule has 2 aromatic heterocycles. The third kappa shape index (κ3) is 5.63. The predicted molar refractivity (Wildman–Crippen MR) is 131 cm³/mol. The van der Waals surface area contributed by atoms with E-state index >= 15 is 0 Å². The molecule has 4 aromatic rings. The number of alkyl halides is 3. The fourth-order valence-electron chi connectivity index (χ4n) is 3.83. The van der Waals surface area contributed by atoms with Crippen LogP contribution < -0.4 is 25.5 Å². The molecule has 0 saturated carbocycles. The Hall–Kier alpha value is -3.97. The highest BCUT2D eigenvalue weighted by atomic mass is 35.5. The minimum Gasteiger partial charge on any atom is -0.495 e. The second-order valence-corrected chi connectivity index (χ2v) is 8.53. The van der Waals surface area contributed by atoms with Gasteiger partial charge in [0, 0.05) is 26.3 Å². The summed E-state index contributed by atoms with van der Waals surface area (Å²) in [6, 6.07) is 9.57. The van der Waals surface area contributed by atoms with Crippen LogP contribution in [0.4, 0.5) is 13.2 Å². The average molecular weight is 555 g/mol. The number of aliphatic hydroxyl groups is 1. The monoisotopic (exact) mass is 554 g/mol. The molecule has 0 atom stereocenters. The van der Waals surface area contributed by atoms with E-state index in [1.807, 2.05) is 0 Å². The van der Waals surface area contributed by atoms with Crippen molar-refractivity contribution in [1.29, 1.82) is 0 Å². The fourth-order valence-corrected chi connectivity index (χ4v) is 4.02. The molecule has 38 heavy (non-hydrogen) atoms. The van der Waals surface area contributed by atoms with Gasteiger partial charge in [0.25, 0.3) is 5.56 Å². The van der Waals surface area contributed by atoms with Crippen molar-refractivity contribution in [3.05, 3.63) is 73.9 Å². The molecule has 14 heteroatoms. The summed E-state index contributed by atoms with van der Waals surface area (Å²) < 4.78 is 56.7. The number of fused-ring (bicyclic) bond motifs is 1. The van der Waals surface area contributed by atoms with Crippen molar-refractivity contribution >= 4 is 22.8 Å². The van der Waals surface area contributed by atoms with Gasteiger partial charge in [0.15, 0.2) is 11.2 Å². The molecule has 0 bridgehead atoms. The van der Waals surface area contributed by atoms with Crippen molar-refractivity contribution in [1.82, 2.24) is 18.7 Å². The van der Waals surface area contributed by atoms with Crippen LogP contribution in [0.25, 0.3) is 11.2 Å². The summed E-state index contributed by atoms with van der Waals surface area (Å²) in [5, 5.41) is 9.57. The molecule has 202 valence electrons. The lowest BCUT2D eigenvalue weighted by Crippen LogP contribution is -2.39. The second-order valence-electron chi connectivity index (χ2n) is 8.12. The maximum atomic E-state index is 13.4. The number of ether oxygens (including phenoxy) is 3. The smallest absolute Gasteiger partial charge is 0.495 e. The highest BCUT2D eigenvalue weighted by Crippen LogP contribution is 2.31. The molecular weight excluding hydrogens is 533 g/mol. The Labute approximate surface area is 218 Å². The first-order chi connectivity index (χ1) is 18.0. The largest absolute Gasteiger partial charge is 0.573 e. The molecule has 0 aliphatic heterocycles. The lowest BCUT2D eigenvalue weighted by Gasteiger charge is -2.13. The summed E-state index contributed by atoms with van der Waals surface area (Å²) in [4.78, 5) is 30.6. The van der Waals surface area contributed by atoms with E-state index in [4.69, 9.17) is 21.1 Å². The summed E-state index contributed by atoms with van der Waals surface area (Å²) >= 11 is 6.13. The quantitative estimate of drug-likeness (QED) is 0.336. The number of halogens is 4. The topological polar surface area (TPSA) is 110 Å². The average Bonchev–Trinajstić information content (AvgIpc) is 3.20. The lowest BCUT2D eigenvalue weighted by molar-refractivity contribution is -0.274. The Bertz CT molecular complexity index is 1600. The van der Waals surface area contributed by atoms with E-state index in [9.17, 15) is 27.9 Å². The molecular formula is C24H22ClF3N4O6. The fraction of sp³-hybridized carbons (Fsp3) is 0.292. The minimum atomic E-state index is -4.91. The number of aryl methyl sites for hydroxylation is 1. The van der Waals surface area contributed by atoms with Gasteiger partial charge in [0.05, 0.1) is 18.7 Å². The van der Waals surface area contributed by atoms with Crippen molar-refractivity contribution < 1.29 is 32.5 Å². The lowest BCUT2D eigenvalue weighted by atomic mass is 10.2. The molecule has 0 saturated heterocycles. The molecule has 0 aliphatic carbocycles. The summed E-state index contributed by atoms with van der Waals surface area (Å²) in [6.07, 6.45) is -4.74. The van der Waals surface area contributed by atoms with Crippen LogP contribution in [0, 0.1) is 0 Å². The SMILES string of the molecule is COc1cc(Cn2c(Oc3cccc(OC(F)(F)F)c3)nc3c2c(=O)n(CCCO)c(=O)n3C)ccc1Cl. The standard InChI is InChI=1S/C24H22ClF3N4O6/c1-30-20-19(21(34)31(23(30)35)9-4-10-33)32(13-14-7-8-17(25)18(11-14)36-2)22(29-20)37-15-5-3-6-16(12-15)38-24(26,27)28/h3,5-8,11-12,33H,4,9-10,13H2,1-2H3. The predicted octanol–water partition coefficient (Wildman–Crippen LogP) is 3.68. The Kier molecular flexibility index (Phi) is 7.69.